The van der Waals surface area contributed by atoms with Gasteiger partial charge in [0.05, 0.1) is 13.2 Å². The third-order valence-electron chi connectivity index (χ3n) is 3.85. The molecule has 2 aliphatic heterocycles. The van der Waals surface area contributed by atoms with Gasteiger partial charge in [0, 0.05) is 53.6 Å². The summed E-state index contributed by atoms with van der Waals surface area (Å²) in [5.41, 5.74) is 1.14. The van der Waals surface area contributed by atoms with Crippen molar-refractivity contribution in [2.24, 2.45) is 0 Å². The Kier molecular flexibility index (Phi) is 3.60. The Morgan fingerprint density at radius 3 is 2.53 bits per heavy atom. The van der Waals surface area contributed by atoms with Crippen LogP contribution in [-0.2, 0) is 20.3 Å². The van der Waals surface area contributed by atoms with Crippen LogP contribution in [0.4, 0.5) is 5.69 Å². The van der Waals surface area contributed by atoms with E-state index in [0.717, 1.165) is 36.5 Å². The molecule has 0 aromatic heterocycles. The van der Waals surface area contributed by atoms with Crippen molar-refractivity contribution in [1.29, 1.82) is 0 Å². The highest BCUT2D eigenvalue weighted by Crippen LogP contribution is 2.33. The zero-order valence-electron chi connectivity index (χ0n) is 11.1. The molecule has 0 amide bonds. The smallest absolute Gasteiger partial charge is 0.171 e. The Labute approximate surface area is 116 Å². The minimum Gasteiger partial charge on any atom is -0.371 e. The molecule has 0 radical (unpaired) electrons. The Morgan fingerprint density at radius 1 is 1.21 bits per heavy atom. The summed E-state index contributed by atoms with van der Waals surface area (Å²) in [7, 11) is -0.928. The first kappa shape index (κ1) is 13.1. The number of piperidine rings is 1. The van der Waals surface area contributed by atoms with Crippen molar-refractivity contribution in [2.75, 3.05) is 37.5 Å². The van der Waals surface area contributed by atoms with Gasteiger partial charge in [-0.2, -0.15) is 0 Å². The van der Waals surface area contributed by atoms with Crippen LogP contribution in [0, 0.1) is 0 Å². The van der Waals surface area contributed by atoms with Crippen molar-refractivity contribution < 1.29 is 13.7 Å². The molecule has 1 aromatic carbocycles. The van der Waals surface area contributed by atoms with E-state index >= 15 is 0 Å². The average Bonchev–Trinajstić information content (AvgIpc) is 2.88. The molecule has 3 rings (SSSR count). The van der Waals surface area contributed by atoms with Crippen LogP contribution in [0.3, 0.4) is 0 Å². The molecule has 0 bridgehead atoms. The van der Waals surface area contributed by atoms with Gasteiger partial charge in [0.2, 0.25) is 0 Å². The van der Waals surface area contributed by atoms with Crippen LogP contribution >= 0.6 is 0 Å². The maximum absolute atomic E-state index is 11.5. The fourth-order valence-electron chi connectivity index (χ4n) is 2.75. The van der Waals surface area contributed by atoms with Crippen LogP contribution in [0.2, 0.25) is 0 Å². The van der Waals surface area contributed by atoms with Gasteiger partial charge in [0.25, 0.3) is 0 Å². The molecule has 2 aliphatic rings. The second-order valence-corrected chi connectivity index (χ2v) is 6.43. The molecule has 4 nitrogen and oxygen atoms in total. The fraction of sp³-hybridized carbons (Fsp3) is 0.571. The Bertz CT molecular complexity index is 475. The summed E-state index contributed by atoms with van der Waals surface area (Å²) in [5, 5.41) is 0. The van der Waals surface area contributed by atoms with Crippen molar-refractivity contribution in [3.63, 3.8) is 0 Å². The SMILES string of the molecule is CS(=O)c1cccc(N2CCC3(CC2)OCCO3)c1. The molecule has 19 heavy (non-hydrogen) atoms. The van der Waals surface area contributed by atoms with Crippen molar-refractivity contribution >= 4 is 16.5 Å². The zero-order valence-corrected chi connectivity index (χ0v) is 11.9. The molecule has 2 heterocycles. The predicted octanol–water partition coefficient (Wildman–Crippen LogP) is 1.77. The topological polar surface area (TPSA) is 38.8 Å². The van der Waals surface area contributed by atoms with Crippen LogP contribution in [0.5, 0.6) is 0 Å². The minimum absolute atomic E-state index is 0.332. The molecule has 104 valence electrons. The van der Waals surface area contributed by atoms with Crippen LogP contribution in [0.1, 0.15) is 12.8 Å². The quantitative estimate of drug-likeness (QED) is 0.828. The van der Waals surface area contributed by atoms with Gasteiger partial charge in [0.15, 0.2) is 5.79 Å². The van der Waals surface area contributed by atoms with Gasteiger partial charge in [-0.3, -0.25) is 4.21 Å². The van der Waals surface area contributed by atoms with E-state index in [-0.39, 0.29) is 5.79 Å². The molecule has 1 atom stereocenters. The van der Waals surface area contributed by atoms with Gasteiger partial charge < -0.3 is 14.4 Å². The van der Waals surface area contributed by atoms with Gasteiger partial charge in [0.1, 0.15) is 0 Å². The van der Waals surface area contributed by atoms with E-state index in [4.69, 9.17) is 9.47 Å². The molecule has 1 aromatic rings. The van der Waals surface area contributed by atoms with Gasteiger partial charge in [-0.1, -0.05) is 6.07 Å². The monoisotopic (exact) mass is 281 g/mol. The van der Waals surface area contributed by atoms with Crippen molar-refractivity contribution in [3.8, 4) is 0 Å². The zero-order chi connectivity index (χ0) is 13.3. The summed E-state index contributed by atoms with van der Waals surface area (Å²) in [6, 6.07) is 7.97. The van der Waals surface area contributed by atoms with Crippen molar-refractivity contribution in [2.45, 2.75) is 23.5 Å². The summed E-state index contributed by atoms with van der Waals surface area (Å²) < 4.78 is 23.0. The number of ether oxygens (including phenoxy) is 2. The van der Waals surface area contributed by atoms with Crippen LogP contribution in [-0.4, -0.2) is 42.6 Å². The van der Waals surface area contributed by atoms with Crippen molar-refractivity contribution in [1.82, 2.24) is 0 Å². The lowest BCUT2D eigenvalue weighted by Gasteiger charge is -2.38. The van der Waals surface area contributed by atoms with Gasteiger partial charge in [-0.25, -0.2) is 0 Å². The number of hydrogen-bond donors (Lipinski definition) is 0. The highest BCUT2D eigenvalue weighted by Gasteiger charge is 2.39. The molecular weight excluding hydrogens is 262 g/mol. The Balaban J connectivity index is 1.71. The van der Waals surface area contributed by atoms with E-state index in [1.54, 1.807) is 6.26 Å². The van der Waals surface area contributed by atoms with Crippen LogP contribution < -0.4 is 4.90 Å². The third kappa shape index (κ3) is 2.68. The van der Waals surface area contributed by atoms with Gasteiger partial charge in [-0.05, 0) is 18.2 Å². The summed E-state index contributed by atoms with van der Waals surface area (Å²) in [6.07, 6.45) is 3.50. The number of anilines is 1. The van der Waals surface area contributed by atoms with Crippen LogP contribution in [0.15, 0.2) is 29.2 Å². The Morgan fingerprint density at radius 2 is 1.89 bits per heavy atom. The number of rotatable bonds is 2. The van der Waals surface area contributed by atoms with Gasteiger partial charge >= 0.3 is 0 Å². The second-order valence-electron chi connectivity index (χ2n) is 5.05. The maximum atomic E-state index is 11.5. The minimum atomic E-state index is -0.928. The lowest BCUT2D eigenvalue weighted by molar-refractivity contribution is -0.169. The molecule has 0 aliphatic carbocycles. The highest BCUT2D eigenvalue weighted by atomic mass is 32.2. The maximum Gasteiger partial charge on any atom is 0.171 e. The fourth-order valence-corrected chi connectivity index (χ4v) is 3.31. The summed E-state index contributed by atoms with van der Waals surface area (Å²) in [4.78, 5) is 3.19. The molecule has 2 fully saturated rings. The van der Waals surface area contributed by atoms with Crippen LogP contribution in [0.25, 0.3) is 0 Å². The first-order valence-electron chi connectivity index (χ1n) is 6.65. The average molecular weight is 281 g/mol. The molecule has 2 saturated heterocycles. The largest absolute Gasteiger partial charge is 0.371 e. The highest BCUT2D eigenvalue weighted by molar-refractivity contribution is 7.84. The normalized spacial score (nSPS) is 23.7. The molecule has 1 unspecified atom stereocenters. The Hall–Kier alpha value is -0.910. The van der Waals surface area contributed by atoms with E-state index in [0.29, 0.717) is 13.2 Å². The van der Waals surface area contributed by atoms with E-state index < -0.39 is 10.8 Å². The summed E-state index contributed by atoms with van der Waals surface area (Å²) >= 11 is 0. The predicted molar refractivity (Wildman–Crippen MR) is 74.9 cm³/mol. The second kappa shape index (κ2) is 5.23. The summed E-state index contributed by atoms with van der Waals surface area (Å²) in [6.45, 7) is 3.26. The van der Waals surface area contributed by atoms with Crippen molar-refractivity contribution in [3.05, 3.63) is 24.3 Å². The van der Waals surface area contributed by atoms with E-state index in [1.165, 1.54) is 0 Å². The number of benzene rings is 1. The van der Waals surface area contributed by atoms with E-state index in [1.807, 2.05) is 18.2 Å². The van der Waals surface area contributed by atoms with E-state index in [9.17, 15) is 4.21 Å². The number of hydrogen-bond acceptors (Lipinski definition) is 4. The lowest BCUT2D eigenvalue weighted by atomic mass is 10.0. The van der Waals surface area contributed by atoms with Gasteiger partial charge in [-0.15, -0.1) is 0 Å². The molecule has 1 spiro atoms. The lowest BCUT2D eigenvalue weighted by Crippen LogP contribution is -2.45. The first-order chi connectivity index (χ1) is 9.19. The third-order valence-corrected chi connectivity index (χ3v) is 4.77. The molecular formula is C14H19NO3S. The standard InChI is InChI=1S/C14H19NO3S/c1-19(16)13-4-2-3-12(11-13)15-7-5-14(6-8-15)17-9-10-18-14/h2-4,11H,5-10H2,1H3. The summed E-state index contributed by atoms with van der Waals surface area (Å²) in [5.74, 6) is -0.332. The number of nitrogens with zero attached hydrogens (tertiary/aromatic N) is 1. The molecule has 5 heteroatoms. The molecule has 0 saturated carbocycles. The molecule has 0 N–H and O–H groups in total. The van der Waals surface area contributed by atoms with E-state index in [2.05, 4.69) is 11.0 Å². The first-order valence-corrected chi connectivity index (χ1v) is 8.21.